The van der Waals surface area contributed by atoms with Gasteiger partial charge < -0.3 is 39.7 Å². The van der Waals surface area contributed by atoms with Crippen LogP contribution in [0.25, 0.3) is 0 Å². The first-order valence-corrected chi connectivity index (χ1v) is 19.5. The Bertz CT molecular complexity index is 1400. The van der Waals surface area contributed by atoms with Crippen LogP contribution in [0.5, 0.6) is 0 Å². The lowest BCUT2D eigenvalue weighted by molar-refractivity contribution is -0.233. The van der Waals surface area contributed by atoms with Crippen molar-refractivity contribution in [1.82, 2.24) is 15.1 Å². The second kappa shape index (κ2) is 18.1. The Morgan fingerprint density at radius 1 is 1.02 bits per heavy atom. The predicted molar refractivity (Wildman–Crippen MR) is 194 cm³/mol. The van der Waals surface area contributed by atoms with Crippen molar-refractivity contribution in [2.24, 2.45) is 5.92 Å². The van der Waals surface area contributed by atoms with Crippen LogP contribution < -0.4 is 5.32 Å². The van der Waals surface area contributed by atoms with Gasteiger partial charge in [-0.15, -0.1) is 11.8 Å². The molecule has 1 aromatic carbocycles. The second-order valence-electron chi connectivity index (χ2n) is 15.3. The van der Waals surface area contributed by atoms with Crippen LogP contribution in [0.2, 0.25) is 0 Å². The lowest BCUT2D eigenvalue weighted by atomic mass is 9.88. The first-order chi connectivity index (χ1) is 24.8. The summed E-state index contributed by atoms with van der Waals surface area (Å²) in [7, 11) is 0. The summed E-state index contributed by atoms with van der Waals surface area (Å²) in [4.78, 5) is 45.0. The number of rotatable bonds is 12. The van der Waals surface area contributed by atoms with E-state index in [1.807, 2.05) is 25.1 Å². The van der Waals surface area contributed by atoms with Gasteiger partial charge in [0.05, 0.1) is 32.0 Å². The third-order valence-corrected chi connectivity index (χ3v) is 11.4. The number of carbonyl (C=O) groups excluding carboxylic acids is 3. The Balaban J connectivity index is 1.39. The number of ether oxygens (including phenoxy) is 3. The molecule has 3 aliphatic heterocycles. The maximum atomic E-state index is 14.4. The molecule has 52 heavy (non-hydrogen) atoms. The van der Waals surface area contributed by atoms with E-state index in [9.17, 15) is 34.1 Å². The standard InChI is InChI=1S/C38H56FN3O9S/c1-23(52-27-13-11-26(12-14-27)36(47)41-19-21-49-22-20-41)29(34-32(45)30(43)31(44)33(50-34)25-9-10-25)40-35(46)28-15-8-24(7-5-6-17-39)16-18-42(28)37(48)51-38(2,3)4/h8,11-14,23,25,28-34,43-45H,5-7,9-10,15-22H2,1-4H3,(H,40,46)/t23-,28-,29+,30?,31+,32-,33?,34+/m0/s1. The van der Waals surface area contributed by atoms with Gasteiger partial charge in [-0.25, -0.2) is 4.79 Å². The van der Waals surface area contributed by atoms with Gasteiger partial charge in [0.2, 0.25) is 5.91 Å². The zero-order chi connectivity index (χ0) is 37.6. The molecule has 4 N–H and O–H groups in total. The number of morpholine rings is 1. The quantitative estimate of drug-likeness (QED) is 0.141. The van der Waals surface area contributed by atoms with Gasteiger partial charge in [0.1, 0.15) is 36.1 Å². The molecule has 12 nitrogen and oxygen atoms in total. The number of carbonyl (C=O) groups is 3. The van der Waals surface area contributed by atoms with Crippen LogP contribution in [-0.2, 0) is 19.0 Å². The molecular weight excluding hydrogens is 693 g/mol. The fourth-order valence-corrected chi connectivity index (χ4v) is 8.17. The molecule has 1 aliphatic carbocycles. The van der Waals surface area contributed by atoms with Crippen molar-refractivity contribution < 1.29 is 48.3 Å². The van der Waals surface area contributed by atoms with E-state index >= 15 is 0 Å². The lowest BCUT2D eigenvalue weighted by Crippen LogP contribution is -2.66. The second-order valence-corrected chi connectivity index (χ2v) is 16.8. The Hall–Kier alpha value is -2.75. The van der Waals surface area contributed by atoms with Gasteiger partial charge in [-0.1, -0.05) is 18.6 Å². The number of thioether (sulfide) groups is 1. The summed E-state index contributed by atoms with van der Waals surface area (Å²) in [6.45, 7) is 9.05. The number of hydrogen-bond donors (Lipinski definition) is 4. The summed E-state index contributed by atoms with van der Waals surface area (Å²) in [5, 5.41) is 35.8. The zero-order valence-electron chi connectivity index (χ0n) is 30.7. The van der Waals surface area contributed by atoms with Gasteiger partial charge in [-0.05, 0) is 95.9 Å². The number of aliphatic hydroxyl groups excluding tert-OH is 3. The largest absolute Gasteiger partial charge is 0.444 e. The first-order valence-electron chi connectivity index (χ1n) is 18.6. The van der Waals surface area contributed by atoms with Crippen LogP contribution in [0.15, 0.2) is 40.8 Å². The van der Waals surface area contributed by atoms with Gasteiger partial charge in [-0.3, -0.25) is 18.9 Å². The number of benzene rings is 1. The molecule has 1 saturated carbocycles. The number of halogens is 1. The number of alkyl halides is 1. The Labute approximate surface area is 310 Å². The van der Waals surface area contributed by atoms with Crippen LogP contribution in [0.1, 0.15) is 83.0 Å². The van der Waals surface area contributed by atoms with Crippen molar-refractivity contribution in [2.45, 2.75) is 131 Å². The van der Waals surface area contributed by atoms with Gasteiger partial charge in [-0.2, -0.15) is 0 Å². The number of nitrogens with one attached hydrogen (secondary N) is 1. The van der Waals surface area contributed by atoms with E-state index in [4.69, 9.17) is 14.2 Å². The van der Waals surface area contributed by atoms with Crippen LogP contribution in [0.4, 0.5) is 9.18 Å². The van der Waals surface area contributed by atoms with Crippen molar-refractivity contribution in [3.05, 3.63) is 41.5 Å². The molecule has 0 radical (unpaired) electrons. The highest BCUT2D eigenvalue weighted by Gasteiger charge is 2.52. The molecule has 0 bridgehead atoms. The van der Waals surface area contributed by atoms with Crippen molar-refractivity contribution in [3.63, 3.8) is 0 Å². The number of amides is 3. The third kappa shape index (κ3) is 10.5. The molecule has 14 heteroatoms. The van der Waals surface area contributed by atoms with E-state index in [1.54, 1.807) is 37.8 Å². The maximum Gasteiger partial charge on any atom is 0.410 e. The average Bonchev–Trinajstić information content (AvgIpc) is 3.98. The van der Waals surface area contributed by atoms with E-state index in [0.29, 0.717) is 57.6 Å². The predicted octanol–water partition coefficient (Wildman–Crippen LogP) is 3.85. The summed E-state index contributed by atoms with van der Waals surface area (Å²) in [5.41, 5.74) is 0.794. The van der Waals surface area contributed by atoms with Crippen molar-refractivity contribution >= 4 is 29.7 Å². The summed E-state index contributed by atoms with van der Waals surface area (Å²) in [5.74, 6) is -0.524. The SMILES string of the molecule is C[C@H](Sc1ccc(C(=O)N2CCOCC2)cc1)[C@@H](NC(=O)[C@@H]1CC=C(CCCCF)CCN1C(=O)OC(C)(C)C)[C@H]1OC(C2CC2)[C@H](O)C(O)[C@@H]1O. The number of hydrogen-bond acceptors (Lipinski definition) is 10. The summed E-state index contributed by atoms with van der Waals surface area (Å²) < 4.78 is 30.3. The summed E-state index contributed by atoms with van der Waals surface area (Å²) in [6.07, 6.45) is -0.599. The normalized spacial score (nSPS) is 28.3. The van der Waals surface area contributed by atoms with Crippen molar-refractivity contribution in [2.75, 3.05) is 39.5 Å². The molecule has 2 unspecified atom stereocenters. The van der Waals surface area contributed by atoms with Crippen LogP contribution >= 0.6 is 11.8 Å². The fourth-order valence-electron chi connectivity index (χ4n) is 7.07. The minimum atomic E-state index is -1.51. The molecule has 0 spiro atoms. The topological polar surface area (TPSA) is 158 Å². The van der Waals surface area contributed by atoms with Gasteiger partial charge in [0.25, 0.3) is 5.91 Å². The number of nitrogens with zero attached hydrogens (tertiary/aromatic N) is 2. The molecule has 2 saturated heterocycles. The van der Waals surface area contributed by atoms with E-state index < -0.39 is 72.1 Å². The monoisotopic (exact) mass is 749 g/mol. The minimum Gasteiger partial charge on any atom is -0.444 e. The average molecular weight is 750 g/mol. The fraction of sp³-hybridized carbons (Fsp3) is 0.711. The summed E-state index contributed by atoms with van der Waals surface area (Å²) in [6, 6.07) is 5.37. The highest BCUT2D eigenvalue weighted by atomic mass is 32.2. The van der Waals surface area contributed by atoms with Crippen molar-refractivity contribution in [3.8, 4) is 0 Å². The Kier molecular flexibility index (Phi) is 14.0. The van der Waals surface area contributed by atoms with Crippen molar-refractivity contribution in [1.29, 1.82) is 0 Å². The summed E-state index contributed by atoms with van der Waals surface area (Å²) >= 11 is 1.41. The van der Waals surface area contributed by atoms with Gasteiger partial charge in [0.15, 0.2) is 0 Å². The maximum absolute atomic E-state index is 14.4. The number of aliphatic hydroxyl groups is 3. The van der Waals surface area contributed by atoms with Gasteiger partial charge in [0, 0.05) is 35.3 Å². The lowest BCUT2D eigenvalue weighted by Gasteiger charge is -2.45. The number of unbranched alkanes of at least 4 members (excludes halogenated alkanes) is 1. The third-order valence-electron chi connectivity index (χ3n) is 10.2. The molecule has 3 fully saturated rings. The Morgan fingerprint density at radius 2 is 1.71 bits per heavy atom. The zero-order valence-corrected chi connectivity index (χ0v) is 31.6. The molecule has 290 valence electrons. The highest BCUT2D eigenvalue weighted by molar-refractivity contribution is 8.00. The van der Waals surface area contributed by atoms with E-state index in [2.05, 4.69) is 5.32 Å². The molecular formula is C38H56FN3O9S. The molecule has 3 amide bonds. The molecule has 3 heterocycles. The minimum absolute atomic E-state index is 0.0287. The molecule has 5 rings (SSSR count). The molecule has 4 aliphatic rings. The highest BCUT2D eigenvalue weighted by Crippen LogP contribution is 2.41. The van der Waals surface area contributed by atoms with E-state index in [0.717, 1.165) is 23.3 Å². The molecule has 1 aromatic rings. The molecule has 0 aromatic heterocycles. The van der Waals surface area contributed by atoms with Gasteiger partial charge >= 0.3 is 6.09 Å². The van der Waals surface area contributed by atoms with Crippen LogP contribution in [0, 0.1) is 5.92 Å². The van der Waals surface area contributed by atoms with Crippen LogP contribution in [-0.4, -0.2) is 136 Å². The van der Waals surface area contributed by atoms with E-state index in [-0.39, 0.29) is 24.8 Å². The smallest absolute Gasteiger partial charge is 0.410 e. The Morgan fingerprint density at radius 3 is 2.35 bits per heavy atom. The van der Waals surface area contributed by atoms with Crippen LogP contribution in [0.3, 0.4) is 0 Å². The van der Waals surface area contributed by atoms with E-state index in [1.165, 1.54) is 16.7 Å². The molecule has 8 atom stereocenters. The first kappa shape index (κ1) is 40.4.